The summed E-state index contributed by atoms with van der Waals surface area (Å²) in [6.45, 7) is 2.76. The summed E-state index contributed by atoms with van der Waals surface area (Å²) in [4.78, 5) is 28.6. The third-order valence-corrected chi connectivity index (χ3v) is 6.87. The first-order valence-corrected chi connectivity index (χ1v) is 13.1. The summed E-state index contributed by atoms with van der Waals surface area (Å²) in [6, 6.07) is 17.5. The zero-order valence-corrected chi connectivity index (χ0v) is 23.0. The van der Waals surface area contributed by atoms with Crippen molar-refractivity contribution < 1.29 is 28.9 Å². The molecule has 0 aliphatic carbocycles. The van der Waals surface area contributed by atoms with Gasteiger partial charge in [-0.2, -0.15) is 0 Å². The molecule has 1 aliphatic heterocycles. The molecule has 8 nitrogen and oxygen atoms in total. The molecule has 0 bridgehead atoms. The highest BCUT2D eigenvalue weighted by molar-refractivity contribution is 14.1. The first-order valence-electron chi connectivity index (χ1n) is 11.2. The number of rotatable bonds is 9. The molecule has 37 heavy (non-hydrogen) atoms. The second kappa shape index (κ2) is 12.2. The van der Waals surface area contributed by atoms with Gasteiger partial charge in [0.05, 0.1) is 33.4 Å². The standard InChI is InChI=1S/C27H23IN2O6S/c1-3-35-20-10-8-19(9-11-20)29-27-30-25(31)23(37-27)14-17-12-21(28)24(22(13-17)34-2)36-15-16-4-6-18(7-5-16)26(32)33/h4-14H,3,15H2,1-2H3,(H,32,33)(H,29,30,31)/b23-14+. The largest absolute Gasteiger partial charge is 0.494 e. The van der Waals surface area contributed by atoms with E-state index in [0.29, 0.717) is 33.9 Å². The first-order chi connectivity index (χ1) is 17.9. The van der Waals surface area contributed by atoms with E-state index in [1.165, 1.54) is 23.9 Å². The van der Waals surface area contributed by atoms with Crippen molar-refractivity contribution in [3.05, 3.63) is 85.8 Å². The third-order valence-electron chi connectivity index (χ3n) is 5.16. The number of carboxylic acid groups (broad SMARTS) is 1. The van der Waals surface area contributed by atoms with E-state index in [2.05, 4.69) is 32.9 Å². The maximum absolute atomic E-state index is 12.6. The number of methoxy groups -OCH3 is 1. The molecular formula is C27H23IN2O6S. The Morgan fingerprint density at radius 3 is 2.49 bits per heavy atom. The number of aromatic carboxylic acids is 1. The van der Waals surface area contributed by atoms with Crippen LogP contribution in [-0.2, 0) is 11.4 Å². The van der Waals surface area contributed by atoms with E-state index in [4.69, 9.17) is 19.3 Å². The molecule has 10 heteroatoms. The van der Waals surface area contributed by atoms with Gasteiger partial charge in [-0.15, -0.1) is 0 Å². The van der Waals surface area contributed by atoms with E-state index in [1.54, 1.807) is 31.4 Å². The molecule has 0 saturated carbocycles. The molecule has 0 aromatic heterocycles. The minimum atomic E-state index is -0.975. The quantitative estimate of drug-likeness (QED) is 0.225. The molecule has 1 aliphatic rings. The van der Waals surface area contributed by atoms with E-state index in [1.807, 2.05) is 37.3 Å². The average Bonchev–Trinajstić information content (AvgIpc) is 3.22. The fraction of sp³-hybridized carbons (Fsp3) is 0.148. The molecule has 0 unspecified atom stereocenters. The number of ether oxygens (including phenoxy) is 3. The second-order valence-corrected chi connectivity index (χ2v) is 9.93. The van der Waals surface area contributed by atoms with E-state index in [-0.39, 0.29) is 18.1 Å². The van der Waals surface area contributed by atoms with Crippen LogP contribution in [0.5, 0.6) is 17.2 Å². The van der Waals surface area contributed by atoms with Gasteiger partial charge in [-0.25, -0.2) is 9.79 Å². The molecule has 1 fully saturated rings. The van der Waals surface area contributed by atoms with Crippen LogP contribution in [0.25, 0.3) is 6.08 Å². The Morgan fingerprint density at radius 1 is 1.11 bits per heavy atom. The van der Waals surface area contributed by atoms with Crippen LogP contribution in [-0.4, -0.2) is 35.9 Å². The van der Waals surface area contributed by atoms with Gasteiger partial charge in [0.15, 0.2) is 16.7 Å². The minimum absolute atomic E-state index is 0.217. The predicted molar refractivity (Wildman–Crippen MR) is 152 cm³/mol. The number of carbonyl (C=O) groups is 2. The molecule has 3 aromatic carbocycles. The van der Waals surface area contributed by atoms with Gasteiger partial charge in [0.25, 0.3) is 5.91 Å². The number of amidine groups is 1. The topological polar surface area (TPSA) is 106 Å². The lowest BCUT2D eigenvalue weighted by molar-refractivity contribution is -0.115. The highest BCUT2D eigenvalue weighted by Gasteiger charge is 2.24. The van der Waals surface area contributed by atoms with E-state index < -0.39 is 5.97 Å². The van der Waals surface area contributed by atoms with Crippen molar-refractivity contribution in [2.24, 2.45) is 4.99 Å². The van der Waals surface area contributed by atoms with Crippen LogP contribution in [0.4, 0.5) is 5.69 Å². The number of thioether (sulfide) groups is 1. The van der Waals surface area contributed by atoms with Crippen LogP contribution in [0, 0.1) is 3.57 Å². The molecule has 0 radical (unpaired) electrons. The molecule has 0 spiro atoms. The van der Waals surface area contributed by atoms with Gasteiger partial charge in [0.1, 0.15) is 12.4 Å². The van der Waals surface area contributed by atoms with E-state index in [0.717, 1.165) is 20.4 Å². The number of hydrogen-bond donors (Lipinski definition) is 2. The van der Waals surface area contributed by atoms with Crippen LogP contribution < -0.4 is 19.5 Å². The number of nitrogens with zero attached hydrogens (tertiary/aromatic N) is 1. The van der Waals surface area contributed by atoms with Gasteiger partial charge in [-0.05, 0) is 107 Å². The summed E-state index contributed by atoms with van der Waals surface area (Å²) in [6.07, 6.45) is 1.78. The molecule has 190 valence electrons. The summed E-state index contributed by atoms with van der Waals surface area (Å²) in [5, 5.41) is 12.3. The summed E-state index contributed by atoms with van der Waals surface area (Å²) in [7, 11) is 1.55. The Hall–Kier alpha value is -3.51. The fourth-order valence-corrected chi connectivity index (χ4v) is 5.02. The number of nitrogens with one attached hydrogen (secondary N) is 1. The highest BCUT2D eigenvalue weighted by atomic mass is 127. The molecule has 0 atom stereocenters. The van der Waals surface area contributed by atoms with Crippen LogP contribution in [0.15, 0.2) is 70.6 Å². The van der Waals surface area contributed by atoms with Crippen molar-refractivity contribution in [2.75, 3.05) is 13.7 Å². The Bertz CT molecular complexity index is 1370. The summed E-state index contributed by atoms with van der Waals surface area (Å²) >= 11 is 3.42. The summed E-state index contributed by atoms with van der Waals surface area (Å²) in [5.41, 5.74) is 2.53. The number of aliphatic imine (C=N–C) groups is 1. The second-order valence-electron chi connectivity index (χ2n) is 7.73. The van der Waals surface area contributed by atoms with E-state index in [9.17, 15) is 9.59 Å². The zero-order valence-electron chi connectivity index (χ0n) is 20.0. The highest BCUT2D eigenvalue weighted by Crippen LogP contribution is 2.36. The zero-order chi connectivity index (χ0) is 26.4. The van der Waals surface area contributed by atoms with E-state index >= 15 is 0 Å². The van der Waals surface area contributed by atoms with Crippen molar-refractivity contribution in [3.8, 4) is 17.2 Å². The number of carboxylic acids is 1. The smallest absolute Gasteiger partial charge is 0.335 e. The normalized spacial score (nSPS) is 15.1. The minimum Gasteiger partial charge on any atom is -0.494 e. The van der Waals surface area contributed by atoms with Crippen molar-refractivity contribution in [1.82, 2.24) is 5.32 Å². The Morgan fingerprint density at radius 2 is 1.84 bits per heavy atom. The Kier molecular flexibility index (Phi) is 8.72. The monoisotopic (exact) mass is 630 g/mol. The van der Waals surface area contributed by atoms with Gasteiger partial charge in [-0.3, -0.25) is 4.79 Å². The SMILES string of the molecule is CCOc1ccc(N=C2NC(=O)/C(=C\c3cc(I)c(OCc4ccc(C(=O)O)cc4)c(OC)c3)S2)cc1. The molecule has 4 rings (SSSR count). The number of amides is 1. The maximum Gasteiger partial charge on any atom is 0.335 e. The predicted octanol–water partition coefficient (Wildman–Crippen LogP) is 5.87. The lowest BCUT2D eigenvalue weighted by Gasteiger charge is -2.14. The lowest BCUT2D eigenvalue weighted by atomic mass is 10.1. The molecule has 1 amide bonds. The maximum atomic E-state index is 12.6. The van der Waals surface area contributed by atoms with Crippen molar-refractivity contribution in [1.29, 1.82) is 0 Å². The van der Waals surface area contributed by atoms with Crippen molar-refractivity contribution in [2.45, 2.75) is 13.5 Å². The summed E-state index contributed by atoms with van der Waals surface area (Å²) < 4.78 is 17.8. The van der Waals surface area contributed by atoms with Crippen LogP contribution >= 0.6 is 34.4 Å². The van der Waals surface area contributed by atoms with Crippen LogP contribution in [0.1, 0.15) is 28.4 Å². The fourth-order valence-electron chi connectivity index (χ4n) is 3.39. The molecule has 2 N–H and O–H groups in total. The molecule has 3 aromatic rings. The number of halogens is 1. The van der Waals surface area contributed by atoms with Gasteiger partial charge in [-0.1, -0.05) is 12.1 Å². The van der Waals surface area contributed by atoms with Gasteiger partial charge >= 0.3 is 5.97 Å². The van der Waals surface area contributed by atoms with Gasteiger partial charge in [0, 0.05) is 0 Å². The molecular weight excluding hydrogens is 607 g/mol. The first kappa shape index (κ1) is 26.6. The van der Waals surface area contributed by atoms with Crippen molar-refractivity contribution >= 4 is 63.2 Å². The Labute approximate surface area is 231 Å². The summed E-state index contributed by atoms with van der Waals surface area (Å²) in [5.74, 6) is 0.648. The van der Waals surface area contributed by atoms with Gasteiger partial charge < -0.3 is 24.6 Å². The van der Waals surface area contributed by atoms with Crippen LogP contribution in [0.2, 0.25) is 0 Å². The van der Waals surface area contributed by atoms with Crippen molar-refractivity contribution in [3.63, 3.8) is 0 Å². The Balaban J connectivity index is 1.48. The number of hydrogen-bond acceptors (Lipinski definition) is 7. The molecule has 1 saturated heterocycles. The number of benzene rings is 3. The lowest BCUT2D eigenvalue weighted by Crippen LogP contribution is -2.19. The third kappa shape index (κ3) is 6.83. The van der Waals surface area contributed by atoms with Crippen LogP contribution in [0.3, 0.4) is 0 Å². The molecule has 1 heterocycles. The number of carbonyl (C=O) groups excluding carboxylic acids is 1. The average molecular weight is 630 g/mol. The van der Waals surface area contributed by atoms with Gasteiger partial charge in [0.2, 0.25) is 0 Å².